The summed E-state index contributed by atoms with van der Waals surface area (Å²) in [6, 6.07) is 7.64. The largest absolute Gasteiger partial charge is 0.319 e. The SMILES string of the molecule is Cc1c(NC(=O)c2cc(Br)nn2-c2ncccc2Cl)c(C#N)cc(Cl)c1[N+](=O)[O-]. The molecule has 0 saturated heterocycles. The Morgan fingerprint density at radius 2 is 2.10 bits per heavy atom. The lowest BCUT2D eigenvalue weighted by Gasteiger charge is -2.12. The molecule has 3 aromatic rings. The van der Waals surface area contributed by atoms with E-state index in [1.807, 2.05) is 6.07 Å². The lowest BCUT2D eigenvalue weighted by molar-refractivity contribution is -0.385. The minimum Gasteiger partial charge on any atom is -0.319 e. The first-order valence-corrected chi connectivity index (χ1v) is 9.35. The summed E-state index contributed by atoms with van der Waals surface area (Å²) in [5, 5.41) is 27.4. The van der Waals surface area contributed by atoms with Crippen molar-refractivity contribution >= 4 is 56.4 Å². The molecule has 146 valence electrons. The minimum atomic E-state index is -0.679. The lowest BCUT2D eigenvalue weighted by Crippen LogP contribution is -2.19. The molecule has 1 N–H and O–H groups in total. The van der Waals surface area contributed by atoms with E-state index in [4.69, 9.17) is 23.2 Å². The number of rotatable bonds is 4. The first-order chi connectivity index (χ1) is 13.7. The van der Waals surface area contributed by atoms with Crippen LogP contribution in [0, 0.1) is 28.4 Å². The molecule has 0 atom stereocenters. The molecule has 29 heavy (non-hydrogen) atoms. The van der Waals surface area contributed by atoms with E-state index in [2.05, 4.69) is 31.3 Å². The zero-order valence-corrected chi connectivity index (χ0v) is 17.6. The van der Waals surface area contributed by atoms with Crippen molar-refractivity contribution in [1.29, 1.82) is 5.26 Å². The number of amides is 1. The predicted octanol–water partition coefficient (Wildman–Crippen LogP) is 4.68. The molecule has 2 aromatic heterocycles. The van der Waals surface area contributed by atoms with Crippen LogP contribution in [-0.2, 0) is 0 Å². The first kappa shape index (κ1) is 20.7. The van der Waals surface area contributed by atoms with Crippen molar-refractivity contribution in [2.24, 2.45) is 0 Å². The van der Waals surface area contributed by atoms with Crippen LogP contribution in [0.3, 0.4) is 0 Å². The molecule has 0 aliphatic rings. The van der Waals surface area contributed by atoms with Crippen LogP contribution in [0.25, 0.3) is 5.82 Å². The lowest BCUT2D eigenvalue weighted by atomic mass is 10.1. The van der Waals surface area contributed by atoms with E-state index in [0.717, 1.165) is 6.07 Å². The van der Waals surface area contributed by atoms with Crippen LogP contribution >= 0.6 is 39.1 Å². The van der Waals surface area contributed by atoms with Crippen molar-refractivity contribution in [1.82, 2.24) is 14.8 Å². The Morgan fingerprint density at radius 1 is 1.38 bits per heavy atom. The van der Waals surface area contributed by atoms with Crippen molar-refractivity contribution < 1.29 is 9.72 Å². The number of halogens is 3. The van der Waals surface area contributed by atoms with E-state index in [-0.39, 0.29) is 38.4 Å². The number of pyridine rings is 1. The monoisotopic (exact) mass is 494 g/mol. The van der Waals surface area contributed by atoms with E-state index in [1.54, 1.807) is 12.1 Å². The molecule has 2 heterocycles. The van der Waals surface area contributed by atoms with Crippen molar-refractivity contribution in [3.63, 3.8) is 0 Å². The number of nitrogens with one attached hydrogen (secondary N) is 1. The standard InChI is InChI=1S/C17H9BrCl2N6O3/c1-8-14(9(7-21)5-11(20)15(8)26(28)29)23-17(27)12-6-13(18)24-25(12)16-10(19)3-2-4-22-16/h2-6H,1H3,(H,23,27). The van der Waals surface area contributed by atoms with Crippen LogP contribution in [0.4, 0.5) is 11.4 Å². The third-order valence-corrected chi connectivity index (χ3v) is 4.86. The molecular weight excluding hydrogens is 487 g/mol. The molecule has 0 unspecified atom stereocenters. The molecule has 3 rings (SSSR count). The number of carbonyl (C=O) groups is 1. The molecule has 0 aliphatic carbocycles. The average molecular weight is 496 g/mol. The summed E-state index contributed by atoms with van der Waals surface area (Å²) >= 11 is 15.3. The highest BCUT2D eigenvalue weighted by atomic mass is 79.9. The van der Waals surface area contributed by atoms with Crippen molar-refractivity contribution in [3.8, 4) is 11.9 Å². The Morgan fingerprint density at radius 3 is 2.72 bits per heavy atom. The summed E-state index contributed by atoms with van der Waals surface area (Å²) < 4.78 is 1.55. The second-order valence-corrected chi connectivity index (χ2v) is 7.28. The highest BCUT2D eigenvalue weighted by molar-refractivity contribution is 9.10. The predicted molar refractivity (Wildman–Crippen MR) is 110 cm³/mol. The van der Waals surface area contributed by atoms with Gasteiger partial charge in [0.1, 0.15) is 21.4 Å². The molecule has 12 heteroatoms. The Balaban J connectivity index is 2.10. The second-order valence-electron chi connectivity index (χ2n) is 5.65. The maximum Gasteiger partial charge on any atom is 0.292 e. The smallest absolute Gasteiger partial charge is 0.292 e. The molecular formula is C17H9BrCl2N6O3. The van der Waals surface area contributed by atoms with Crippen molar-refractivity contribution in [3.05, 3.63) is 72.0 Å². The van der Waals surface area contributed by atoms with Gasteiger partial charge in [-0.15, -0.1) is 0 Å². The summed E-state index contributed by atoms with van der Waals surface area (Å²) in [7, 11) is 0. The van der Waals surface area contributed by atoms with Crippen LogP contribution in [0.1, 0.15) is 21.6 Å². The number of nitro groups is 1. The van der Waals surface area contributed by atoms with E-state index in [0.29, 0.717) is 4.60 Å². The summed E-state index contributed by atoms with van der Waals surface area (Å²) in [6.45, 7) is 1.39. The van der Waals surface area contributed by atoms with Crippen LogP contribution in [0.2, 0.25) is 10.0 Å². The summed E-state index contributed by atoms with van der Waals surface area (Å²) in [5.74, 6) is -0.467. The highest BCUT2D eigenvalue weighted by Gasteiger charge is 2.26. The fourth-order valence-corrected chi connectivity index (χ4v) is 3.52. The van der Waals surface area contributed by atoms with Gasteiger partial charge in [-0.1, -0.05) is 23.2 Å². The number of nitriles is 1. The molecule has 0 radical (unpaired) electrons. The van der Waals surface area contributed by atoms with E-state index in [1.165, 1.54) is 23.9 Å². The van der Waals surface area contributed by atoms with Gasteiger partial charge in [-0.2, -0.15) is 10.4 Å². The number of benzene rings is 1. The normalized spacial score (nSPS) is 10.4. The van der Waals surface area contributed by atoms with Gasteiger partial charge in [0.15, 0.2) is 5.82 Å². The molecule has 0 spiro atoms. The molecule has 0 bridgehead atoms. The fraction of sp³-hybridized carbons (Fsp3) is 0.0588. The topological polar surface area (TPSA) is 127 Å². The third kappa shape index (κ3) is 3.93. The Labute approximate surface area is 182 Å². The van der Waals surface area contributed by atoms with E-state index < -0.39 is 16.5 Å². The number of aromatic nitrogens is 3. The van der Waals surface area contributed by atoms with Crippen LogP contribution in [0.5, 0.6) is 0 Å². The summed E-state index contributed by atoms with van der Waals surface area (Å²) in [4.78, 5) is 27.7. The van der Waals surface area contributed by atoms with Gasteiger partial charge in [0.25, 0.3) is 11.6 Å². The Hall–Kier alpha value is -3.00. The average Bonchev–Trinajstić information content (AvgIpc) is 3.05. The number of nitrogens with zero attached hydrogens (tertiary/aromatic N) is 5. The van der Waals surface area contributed by atoms with Gasteiger partial charge in [-0.25, -0.2) is 9.67 Å². The first-order valence-electron chi connectivity index (χ1n) is 7.80. The minimum absolute atomic E-state index is 0.0209. The maximum absolute atomic E-state index is 12.9. The van der Waals surface area contributed by atoms with Gasteiger partial charge < -0.3 is 5.32 Å². The molecule has 0 saturated carbocycles. The van der Waals surface area contributed by atoms with Crippen molar-refractivity contribution in [2.75, 3.05) is 5.32 Å². The van der Waals surface area contributed by atoms with Gasteiger partial charge in [-0.05, 0) is 41.1 Å². The van der Waals surface area contributed by atoms with Crippen LogP contribution in [-0.4, -0.2) is 25.6 Å². The van der Waals surface area contributed by atoms with Crippen molar-refractivity contribution in [2.45, 2.75) is 6.92 Å². The zero-order chi connectivity index (χ0) is 21.3. The zero-order valence-electron chi connectivity index (χ0n) is 14.5. The number of anilines is 1. The van der Waals surface area contributed by atoms with Gasteiger partial charge in [0, 0.05) is 12.3 Å². The van der Waals surface area contributed by atoms with Gasteiger partial charge in [0.05, 0.1) is 26.8 Å². The summed E-state index contributed by atoms with van der Waals surface area (Å²) in [6.07, 6.45) is 1.49. The maximum atomic E-state index is 12.9. The molecule has 0 aliphatic heterocycles. The second kappa shape index (κ2) is 8.16. The number of hydrogen-bond donors (Lipinski definition) is 1. The van der Waals surface area contributed by atoms with Crippen LogP contribution < -0.4 is 5.32 Å². The number of nitro benzene ring substituents is 1. The van der Waals surface area contributed by atoms with Gasteiger partial charge >= 0.3 is 0 Å². The molecule has 9 nitrogen and oxygen atoms in total. The van der Waals surface area contributed by atoms with E-state index in [9.17, 15) is 20.2 Å². The molecule has 1 aromatic carbocycles. The molecule has 0 fully saturated rings. The fourth-order valence-electron chi connectivity index (χ4n) is 2.63. The van der Waals surface area contributed by atoms with Gasteiger partial charge in [-0.3, -0.25) is 14.9 Å². The van der Waals surface area contributed by atoms with E-state index >= 15 is 0 Å². The quantitative estimate of drug-likeness (QED) is 0.413. The Kier molecular flexibility index (Phi) is 5.83. The third-order valence-electron chi connectivity index (χ3n) is 3.89. The number of hydrogen-bond acceptors (Lipinski definition) is 6. The van der Waals surface area contributed by atoms with Crippen LogP contribution in [0.15, 0.2) is 35.1 Å². The van der Waals surface area contributed by atoms with Gasteiger partial charge in [0.2, 0.25) is 0 Å². The Bertz CT molecular complexity index is 1200. The number of carbonyl (C=O) groups excluding carboxylic acids is 1. The summed E-state index contributed by atoms with van der Waals surface area (Å²) in [5.41, 5.74) is -0.354. The molecule has 1 amide bonds. The highest BCUT2D eigenvalue weighted by Crippen LogP contribution is 2.36.